The predicted molar refractivity (Wildman–Crippen MR) is 61.7 cm³/mol. The summed E-state index contributed by atoms with van der Waals surface area (Å²) in [7, 11) is 0. The summed E-state index contributed by atoms with van der Waals surface area (Å²) in [6, 6.07) is 6.52. The van der Waals surface area contributed by atoms with E-state index >= 15 is 0 Å². The van der Waals surface area contributed by atoms with E-state index in [-0.39, 0.29) is 18.0 Å². The first-order chi connectivity index (χ1) is 7.99. The highest BCUT2D eigenvalue weighted by Gasteiger charge is 2.10. The number of carbonyl (C=O) groups is 3. The normalized spacial score (nSPS) is 9.53. The number of benzene rings is 1. The number of amides is 1. The first-order valence-electron chi connectivity index (χ1n) is 5.06. The van der Waals surface area contributed by atoms with Crippen LogP contribution in [0.1, 0.15) is 20.3 Å². The molecule has 0 heterocycles. The summed E-state index contributed by atoms with van der Waals surface area (Å²) in [5, 5.41) is 2.51. The number of Topliss-reactive ketones (excluding diaryl/α,β-unsaturated/α-hetero) is 1. The van der Waals surface area contributed by atoms with Crippen LogP contribution in [0.25, 0.3) is 0 Å². The Kier molecular flexibility index (Phi) is 4.39. The Bertz CT molecular complexity index is 454. The van der Waals surface area contributed by atoms with Gasteiger partial charge < -0.3 is 10.1 Å². The van der Waals surface area contributed by atoms with E-state index in [9.17, 15) is 14.4 Å². The molecule has 0 atom stereocenters. The van der Waals surface area contributed by atoms with Gasteiger partial charge in [-0.25, -0.2) is 0 Å². The molecule has 0 saturated heterocycles. The topological polar surface area (TPSA) is 72.5 Å². The molecule has 0 bridgehead atoms. The molecule has 0 aliphatic heterocycles. The molecule has 5 heteroatoms. The van der Waals surface area contributed by atoms with Crippen LogP contribution in [0, 0.1) is 0 Å². The average molecular weight is 235 g/mol. The zero-order valence-electron chi connectivity index (χ0n) is 9.65. The zero-order valence-corrected chi connectivity index (χ0v) is 9.65. The van der Waals surface area contributed by atoms with Crippen LogP contribution in [-0.2, 0) is 14.4 Å². The number of anilines is 1. The molecule has 1 N–H and O–H groups in total. The van der Waals surface area contributed by atoms with Crippen LogP contribution < -0.4 is 10.1 Å². The number of ketones is 1. The molecular weight excluding hydrogens is 222 g/mol. The SMILES string of the molecule is CC(=O)CC(=O)Nc1ccccc1OC(C)=O. The van der Waals surface area contributed by atoms with Crippen LogP contribution >= 0.6 is 0 Å². The van der Waals surface area contributed by atoms with Gasteiger partial charge in [-0.1, -0.05) is 12.1 Å². The molecule has 1 rings (SSSR count). The molecule has 90 valence electrons. The minimum absolute atomic E-state index is 0.200. The quantitative estimate of drug-likeness (QED) is 0.488. The summed E-state index contributed by atoms with van der Waals surface area (Å²) in [6.45, 7) is 2.60. The Morgan fingerprint density at radius 1 is 1.18 bits per heavy atom. The summed E-state index contributed by atoms with van der Waals surface area (Å²) in [6.07, 6.45) is -0.200. The van der Waals surface area contributed by atoms with Crippen molar-refractivity contribution >= 4 is 23.3 Å². The molecular formula is C12H13NO4. The smallest absolute Gasteiger partial charge is 0.308 e. The van der Waals surface area contributed by atoms with E-state index in [4.69, 9.17) is 4.74 Å². The monoisotopic (exact) mass is 235 g/mol. The molecule has 1 amide bonds. The van der Waals surface area contributed by atoms with E-state index in [1.54, 1.807) is 24.3 Å². The first kappa shape index (κ1) is 12.9. The third-order valence-electron chi connectivity index (χ3n) is 1.82. The Balaban J connectivity index is 2.79. The van der Waals surface area contributed by atoms with Crippen LogP contribution in [-0.4, -0.2) is 17.7 Å². The van der Waals surface area contributed by atoms with Crippen LogP contribution in [0.5, 0.6) is 5.75 Å². The second kappa shape index (κ2) is 5.79. The average Bonchev–Trinajstić information content (AvgIpc) is 2.18. The standard InChI is InChI=1S/C12H13NO4/c1-8(14)7-12(16)13-10-5-3-4-6-11(10)17-9(2)15/h3-6H,7H2,1-2H3,(H,13,16). The Labute approximate surface area is 98.8 Å². The fourth-order valence-electron chi connectivity index (χ4n) is 1.23. The fourth-order valence-corrected chi connectivity index (χ4v) is 1.23. The van der Waals surface area contributed by atoms with Gasteiger partial charge in [0.05, 0.1) is 12.1 Å². The van der Waals surface area contributed by atoms with Gasteiger partial charge in [0.1, 0.15) is 5.78 Å². The lowest BCUT2D eigenvalue weighted by Crippen LogP contribution is -2.16. The van der Waals surface area contributed by atoms with Crippen LogP contribution in [0.2, 0.25) is 0 Å². The number of esters is 1. The number of para-hydroxylation sites is 2. The van der Waals surface area contributed by atoms with Crippen molar-refractivity contribution in [1.29, 1.82) is 0 Å². The third-order valence-corrected chi connectivity index (χ3v) is 1.82. The molecule has 0 aliphatic carbocycles. The second-order valence-corrected chi connectivity index (χ2v) is 3.52. The molecule has 5 nitrogen and oxygen atoms in total. The molecule has 0 radical (unpaired) electrons. The zero-order chi connectivity index (χ0) is 12.8. The lowest BCUT2D eigenvalue weighted by Gasteiger charge is -2.09. The minimum atomic E-state index is -0.474. The Morgan fingerprint density at radius 2 is 1.82 bits per heavy atom. The Hall–Kier alpha value is -2.17. The van der Waals surface area contributed by atoms with Gasteiger partial charge in [0.2, 0.25) is 5.91 Å². The minimum Gasteiger partial charge on any atom is -0.424 e. The summed E-state index contributed by atoms with van der Waals surface area (Å²) in [5.74, 6) is -0.875. The molecule has 1 aromatic rings. The number of hydrogen-bond donors (Lipinski definition) is 1. The van der Waals surface area contributed by atoms with Gasteiger partial charge >= 0.3 is 5.97 Å². The summed E-state index contributed by atoms with van der Waals surface area (Å²) in [4.78, 5) is 33.0. The van der Waals surface area contributed by atoms with E-state index in [1.165, 1.54) is 13.8 Å². The molecule has 0 unspecified atom stereocenters. The van der Waals surface area contributed by atoms with Gasteiger partial charge in [-0.2, -0.15) is 0 Å². The lowest BCUT2D eigenvalue weighted by atomic mass is 10.2. The van der Waals surface area contributed by atoms with Crippen molar-refractivity contribution in [2.75, 3.05) is 5.32 Å². The second-order valence-electron chi connectivity index (χ2n) is 3.52. The maximum atomic E-state index is 11.4. The highest BCUT2D eigenvalue weighted by molar-refractivity contribution is 6.04. The number of carbonyl (C=O) groups excluding carboxylic acids is 3. The number of ether oxygens (including phenoxy) is 1. The van der Waals surface area contributed by atoms with Crippen LogP contribution in [0.3, 0.4) is 0 Å². The molecule has 0 aromatic heterocycles. The lowest BCUT2D eigenvalue weighted by molar-refractivity contribution is -0.132. The van der Waals surface area contributed by atoms with Crippen LogP contribution in [0.4, 0.5) is 5.69 Å². The van der Waals surface area contributed by atoms with E-state index in [2.05, 4.69) is 5.32 Å². The van der Waals surface area contributed by atoms with Crippen molar-refractivity contribution in [1.82, 2.24) is 0 Å². The number of nitrogens with one attached hydrogen (secondary N) is 1. The van der Waals surface area contributed by atoms with E-state index in [0.29, 0.717) is 5.69 Å². The van der Waals surface area contributed by atoms with Gasteiger partial charge in [-0.15, -0.1) is 0 Å². The maximum absolute atomic E-state index is 11.4. The molecule has 0 aliphatic rings. The van der Waals surface area contributed by atoms with Gasteiger partial charge in [0, 0.05) is 6.92 Å². The van der Waals surface area contributed by atoms with Crippen molar-refractivity contribution in [2.45, 2.75) is 20.3 Å². The molecule has 0 spiro atoms. The fraction of sp³-hybridized carbons (Fsp3) is 0.250. The van der Waals surface area contributed by atoms with Crippen molar-refractivity contribution in [3.63, 3.8) is 0 Å². The van der Waals surface area contributed by atoms with Gasteiger partial charge in [0.25, 0.3) is 0 Å². The number of rotatable bonds is 4. The Morgan fingerprint density at radius 3 is 2.41 bits per heavy atom. The van der Waals surface area contributed by atoms with Crippen molar-refractivity contribution < 1.29 is 19.1 Å². The number of hydrogen-bond acceptors (Lipinski definition) is 4. The highest BCUT2D eigenvalue weighted by Crippen LogP contribution is 2.23. The largest absolute Gasteiger partial charge is 0.424 e. The molecule has 0 fully saturated rings. The van der Waals surface area contributed by atoms with Gasteiger partial charge in [-0.05, 0) is 19.1 Å². The van der Waals surface area contributed by atoms with Crippen molar-refractivity contribution in [3.05, 3.63) is 24.3 Å². The van der Waals surface area contributed by atoms with E-state index in [0.717, 1.165) is 0 Å². The maximum Gasteiger partial charge on any atom is 0.308 e. The summed E-state index contributed by atoms with van der Waals surface area (Å²) >= 11 is 0. The van der Waals surface area contributed by atoms with E-state index in [1.807, 2.05) is 0 Å². The van der Waals surface area contributed by atoms with E-state index < -0.39 is 11.9 Å². The van der Waals surface area contributed by atoms with Crippen molar-refractivity contribution in [3.8, 4) is 5.75 Å². The van der Waals surface area contributed by atoms with Crippen LogP contribution in [0.15, 0.2) is 24.3 Å². The molecule has 17 heavy (non-hydrogen) atoms. The highest BCUT2D eigenvalue weighted by atomic mass is 16.5. The summed E-state index contributed by atoms with van der Waals surface area (Å²) < 4.78 is 4.91. The predicted octanol–water partition coefficient (Wildman–Crippen LogP) is 1.53. The third kappa shape index (κ3) is 4.46. The summed E-state index contributed by atoms with van der Waals surface area (Å²) in [5.41, 5.74) is 0.369. The van der Waals surface area contributed by atoms with Crippen molar-refractivity contribution in [2.24, 2.45) is 0 Å². The molecule has 0 saturated carbocycles. The molecule has 1 aromatic carbocycles. The van der Waals surface area contributed by atoms with Gasteiger partial charge in [-0.3, -0.25) is 14.4 Å². The first-order valence-corrected chi connectivity index (χ1v) is 5.06. The van der Waals surface area contributed by atoms with Gasteiger partial charge in [0.15, 0.2) is 5.75 Å².